The second-order valence-electron chi connectivity index (χ2n) is 8.03. The minimum atomic E-state index is -0.395. The van der Waals surface area contributed by atoms with Gasteiger partial charge in [0, 0.05) is 49.0 Å². The Bertz CT molecular complexity index is 1380. The summed E-state index contributed by atoms with van der Waals surface area (Å²) in [5.74, 6) is -0.395. The van der Waals surface area contributed by atoms with E-state index in [1.807, 2.05) is 18.2 Å². The fourth-order valence-corrected chi connectivity index (χ4v) is 5.02. The molecular weight excluding hydrogens is 470 g/mol. The second-order valence-corrected chi connectivity index (χ2v) is 9.04. The summed E-state index contributed by atoms with van der Waals surface area (Å²) in [5, 5.41) is 15.9. The van der Waals surface area contributed by atoms with Gasteiger partial charge in [-0.05, 0) is 65.7 Å². The summed E-state index contributed by atoms with van der Waals surface area (Å²) < 4.78 is 0. The molecule has 9 heteroatoms. The van der Waals surface area contributed by atoms with E-state index in [1.54, 1.807) is 12.3 Å². The molecule has 2 amide bonds. The number of pyridine rings is 1. The monoisotopic (exact) mass is 491 g/mol. The number of thioether (sulfide) groups is 1. The Labute approximate surface area is 207 Å². The van der Waals surface area contributed by atoms with Gasteiger partial charge in [0.15, 0.2) is 0 Å². The number of piperazine rings is 1. The normalized spacial score (nSPS) is 16.9. The van der Waals surface area contributed by atoms with Gasteiger partial charge in [-0.15, -0.1) is 12.4 Å². The van der Waals surface area contributed by atoms with Crippen LogP contribution in [0.5, 0.6) is 0 Å². The molecule has 2 fully saturated rings. The highest BCUT2D eigenvalue weighted by molar-refractivity contribution is 8.18. The molecule has 0 bridgehead atoms. The van der Waals surface area contributed by atoms with Crippen LogP contribution in [-0.4, -0.2) is 42.3 Å². The number of carbonyl (C=O) groups is 2. The average molecular weight is 492 g/mol. The number of nitrogens with zero attached hydrogens (tertiary/aromatic N) is 3. The Hall–Kier alpha value is -3.38. The number of hydrogen-bond acceptors (Lipinski definition) is 7. The van der Waals surface area contributed by atoms with Gasteiger partial charge in [0.1, 0.15) is 6.07 Å². The van der Waals surface area contributed by atoms with Crippen molar-refractivity contribution >= 4 is 58.0 Å². The van der Waals surface area contributed by atoms with Crippen LogP contribution in [0, 0.1) is 18.3 Å². The highest BCUT2D eigenvalue weighted by atomic mass is 35.5. The molecule has 5 rings (SSSR count). The predicted octanol–water partition coefficient (Wildman–Crippen LogP) is 4.24. The Kier molecular flexibility index (Phi) is 6.89. The molecular formula is C25H22ClN5O2S. The van der Waals surface area contributed by atoms with Crippen LogP contribution in [-0.2, 0) is 4.79 Å². The first-order valence-corrected chi connectivity index (χ1v) is 11.5. The van der Waals surface area contributed by atoms with Crippen LogP contribution in [0.15, 0.2) is 47.5 Å². The van der Waals surface area contributed by atoms with E-state index >= 15 is 0 Å². The molecule has 0 saturated carbocycles. The van der Waals surface area contributed by atoms with E-state index in [0.29, 0.717) is 10.5 Å². The van der Waals surface area contributed by atoms with E-state index < -0.39 is 5.91 Å². The van der Waals surface area contributed by atoms with Gasteiger partial charge in [-0.3, -0.25) is 19.9 Å². The Morgan fingerprint density at radius 2 is 1.94 bits per heavy atom. The smallest absolute Gasteiger partial charge is 0.290 e. The fourth-order valence-electron chi connectivity index (χ4n) is 4.34. The minimum absolute atomic E-state index is 0. The van der Waals surface area contributed by atoms with Gasteiger partial charge in [-0.2, -0.15) is 5.26 Å². The molecule has 2 aliphatic rings. The maximum Gasteiger partial charge on any atom is 0.290 e. The number of benzene rings is 2. The van der Waals surface area contributed by atoms with Crippen molar-refractivity contribution in [1.82, 2.24) is 15.6 Å². The zero-order valence-corrected chi connectivity index (χ0v) is 20.1. The van der Waals surface area contributed by atoms with E-state index in [9.17, 15) is 14.9 Å². The third-order valence-corrected chi connectivity index (χ3v) is 6.71. The quantitative estimate of drug-likeness (QED) is 0.529. The molecule has 2 saturated heterocycles. The molecule has 7 nitrogen and oxygen atoms in total. The summed E-state index contributed by atoms with van der Waals surface area (Å²) in [7, 11) is 0. The lowest BCUT2D eigenvalue weighted by atomic mass is 9.94. The molecule has 2 aliphatic heterocycles. The van der Waals surface area contributed by atoms with Gasteiger partial charge in [-0.25, -0.2) is 0 Å². The molecule has 0 spiro atoms. The average Bonchev–Trinajstić information content (AvgIpc) is 3.14. The number of carbonyl (C=O) groups excluding carboxylic acids is 2. The Morgan fingerprint density at radius 1 is 1.15 bits per heavy atom. The number of halogens is 1. The van der Waals surface area contributed by atoms with Gasteiger partial charge in [-0.1, -0.05) is 12.1 Å². The highest BCUT2D eigenvalue weighted by Crippen LogP contribution is 2.35. The van der Waals surface area contributed by atoms with Crippen LogP contribution in [0.1, 0.15) is 16.7 Å². The van der Waals surface area contributed by atoms with Crippen LogP contribution in [0.25, 0.3) is 28.1 Å². The molecule has 172 valence electrons. The lowest BCUT2D eigenvalue weighted by molar-refractivity contribution is -0.115. The zero-order valence-electron chi connectivity index (χ0n) is 18.4. The maximum atomic E-state index is 12.0. The summed E-state index contributed by atoms with van der Waals surface area (Å²) >= 11 is 0.884. The van der Waals surface area contributed by atoms with Crippen molar-refractivity contribution in [2.45, 2.75) is 6.92 Å². The van der Waals surface area contributed by atoms with Crippen LogP contribution in [0.2, 0.25) is 0 Å². The van der Waals surface area contributed by atoms with Crippen LogP contribution in [0.4, 0.5) is 10.5 Å². The second kappa shape index (κ2) is 9.85. The molecule has 34 heavy (non-hydrogen) atoms. The largest absolute Gasteiger partial charge is 0.369 e. The van der Waals surface area contributed by atoms with Crippen molar-refractivity contribution in [2.24, 2.45) is 0 Å². The number of aromatic nitrogens is 1. The first-order chi connectivity index (χ1) is 16.0. The molecule has 3 heterocycles. The van der Waals surface area contributed by atoms with Crippen molar-refractivity contribution < 1.29 is 9.59 Å². The summed E-state index contributed by atoms with van der Waals surface area (Å²) in [6.45, 7) is 5.96. The number of imide groups is 1. The van der Waals surface area contributed by atoms with Crippen molar-refractivity contribution in [3.05, 3.63) is 64.2 Å². The van der Waals surface area contributed by atoms with Gasteiger partial charge in [0.05, 0.1) is 16.0 Å². The fraction of sp³-hybridized carbons (Fsp3) is 0.200. The third-order valence-electron chi connectivity index (χ3n) is 5.90. The van der Waals surface area contributed by atoms with Crippen LogP contribution < -0.4 is 15.5 Å². The van der Waals surface area contributed by atoms with E-state index in [0.717, 1.165) is 71.1 Å². The molecule has 2 N–H and O–H groups in total. The van der Waals surface area contributed by atoms with Crippen molar-refractivity contribution in [3.63, 3.8) is 0 Å². The van der Waals surface area contributed by atoms with Crippen molar-refractivity contribution in [2.75, 3.05) is 31.1 Å². The topological polar surface area (TPSA) is 98.1 Å². The first kappa shape index (κ1) is 23.8. The number of fused-ring (bicyclic) bond motifs is 1. The maximum absolute atomic E-state index is 12.0. The van der Waals surface area contributed by atoms with E-state index in [1.165, 1.54) is 5.69 Å². The summed E-state index contributed by atoms with van der Waals surface area (Å²) in [6.07, 6.45) is 3.29. The summed E-state index contributed by atoms with van der Waals surface area (Å²) in [5.41, 5.74) is 6.14. The molecule has 1 aromatic heterocycles. The van der Waals surface area contributed by atoms with E-state index in [2.05, 4.69) is 51.7 Å². The molecule has 2 aromatic carbocycles. The van der Waals surface area contributed by atoms with Gasteiger partial charge < -0.3 is 10.2 Å². The minimum Gasteiger partial charge on any atom is -0.369 e. The number of aryl methyl sites for hydroxylation is 1. The number of anilines is 1. The number of nitrogens with one attached hydrogen (secondary N) is 2. The zero-order chi connectivity index (χ0) is 22.9. The standard InChI is InChI=1S/C25H21N5O2S.ClH/c1-15-10-17(3-5-21(15)30-8-6-27-7-9-30)23-18(13-26)14-28-20-4-2-16(11-19(20)23)12-22-24(31)29-25(32)33-22;/h2-5,10-12,14,27H,6-9H2,1H3,(H,29,31,32);1H. The van der Waals surface area contributed by atoms with Crippen molar-refractivity contribution in [3.8, 4) is 17.2 Å². The number of nitriles is 1. The van der Waals surface area contributed by atoms with E-state index in [4.69, 9.17) is 0 Å². The predicted molar refractivity (Wildman–Crippen MR) is 138 cm³/mol. The summed E-state index contributed by atoms with van der Waals surface area (Å²) in [6, 6.07) is 14.2. The van der Waals surface area contributed by atoms with E-state index in [-0.39, 0.29) is 17.6 Å². The Morgan fingerprint density at radius 3 is 2.62 bits per heavy atom. The van der Waals surface area contributed by atoms with Crippen LogP contribution in [0.3, 0.4) is 0 Å². The SMILES string of the molecule is Cc1cc(-c2c(C#N)cnc3ccc(C=C4SC(=O)NC4=O)cc23)ccc1N1CCNCC1.Cl. The number of amides is 2. The molecule has 0 unspecified atom stereocenters. The lowest BCUT2D eigenvalue weighted by Gasteiger charge is -2.31. The number of hydrogen-bond donors (Lipinski definition) is 2. The van der Waals surface area contributed by atoms with Crippen molar-refractivity contribution in [1.29, 1.82) is 5.26 Å². The van der Waals surface area contributed by atoms with Gasteiger partial charge in [0.25, 0.3) is 11.1 Å². The third kappa shape index (κ3) is 4.50. The summed E-state index contributed by atoms with van der Waals surface area (Å²) in [4.78, 5) is 30.6. The lowest BCUT2D eigenvalue weighted by Crippen LogP contribution is -2.43. The number of rotatable bonds is 3. The highest BCUT2D eigenvalue weighted by Gasteiger charge is 2.25. The van der Waals surface area contributed by atoms with Crippen LogP contribution >= 0.6 is 24.2 Å². The Balaban J connectivity index is 0.00000274. The van der Waals surface area contributed by atoms with Gasteiger partial charge >= 0.3 is 0 Å². The van der Waals surface area contributed by atoms with Gasteiger partial charge in [0.2, 0.25) is 0 Å². The first-order valence-electron chi connectivity index (χ1n) is 10.7. The molecule has 0 atom stereocenters. The molecule has 0 radical (unpaired) electrons. The molecule has 0 aliphatic carbocycles. The molecule has 3 aromatic rings.